The van der Waals surface area contributed by atoms with Gasteiger partial charge in [-0.3, -0.25) is 4.90 Å². The Bertz CT molecular complexity index is 1480. The van der Waals surface area contributed by atoms with Crippen LogP contribution in [0.1, 0.15) is 84.9 Å². The molecule has 1 N–H and O–H groups in total. The number of aromatic nitrogens is 1. The summed E-state index contributed by atoms with van der Waals surface area (Å²) in [5.41, 5.74) is 4.07. The van der Waals surface area contributed by atoms with Gasteiger partial charge < -0.3 is 14.0 Å². The van der Waals surface area contributed by atoms with Crippen LogP contribution in [-0.2, 0) is 31.5 Å². The van der Waals surface area contributed by atoms with Crippen LogP contribution in [0.2, 0.25) is 0 Å². The summed E-state index contributed by atoms with van der Waals surface area (Å²) in [5, 5.41) is 2.35. The molecule has 3 aliphatic rings. The molecule has 1 aromatic heterocycles. The molecule has 3 fully saturated rings. The molecule has 1 unspecified atom stereocenters. The Labute approximate surface area is 281 Å². The van der Waals surface area contributed by atoms with Gasteiger partial charge >= 0.3 is 0 Å². The highest BCUT2D eigenvalue weighted by Crippen LogP contribution is 2.45. The highest BCUT2D eigenvalue weighted by atomic mass is 32.2. The molecule has 3 heterocycles. The number of nitrogens with zero attached hydrogens (tertiary/aromatic N) is 3. The third kappa shape index (κ3) is 8.18. The highest BCUT2D eigenvalue weighted by Gasteiger charge is 2.35. The Kier molecular flexibility index (Phi) is 11.6. The first-order chi connectivity index (χ1) is 21.8. The van der Waals surface area contributed by atoms with Crippen LogP contribution in [0.5, 0.6) is 0 Å². The predicted octanol–water partition coefficient (Wildman–Crippen LogP) is 6.43. The van der Waals surface area contributed by atoms with Crippen molar-refractivity contribution in [1.82, 2.24) is 18.5 Å². The van der Waals surface area contributed by atoms with Crippen molar-refractivity contribution in [3.8, 4) is 11.3 Å². The van der Waals surface area contributed by atoms with E-state index in [1.54, 1.807) is 0 Å². The summed E-state index contributed by atoms with van der Waals surface area (Å²) in [6.45, 7) is 23.0. The van der Waals surface area contributed by atoms with Crippen LogP contribution in [-0.4, -0.2) is 92.2 Å². The van der Waals surface area contributed by atoms with E-state index >= 15 is 0 Å². The zero-order valence-corrected chi connectivity index (χ0v) is 31.0. The van der Waals surface area contributed by atoms with Crippen LogP contribution in [0.25, 0.3) is 11.3 Å². The lowest BCUT2D eigenvalue weighted by molar-refractivity contribution is -0.00298. The maximum atomic E-state index is 13.8. The molecule has 46 heavy (non-hydrogen) atoms. The zero-order chi connectivity index (χ0) is 33.1. The third-order valence-electron chi connectivity index (χ3n) is 9.94. The van der Waals surface area contributed by atoms with Crippen LogP contribution >= 0.6 is 10.7 Å². The molecule has 0 radical (unpaired) electrons. The predicted molar refractivity (Wildman–Crippen MR) is 192 cm³/mol. The van der Waals surface area contributed by atoms with Gasteiger partial charge in [0.2, 0.25) is 10.0 Å². The van der Waals surface area contributed by atoms with Crippen molar-refractivity contribution in [3.63, 3.8) is 0 Å². The molecule has 10 heteroatoms. The van der Waals surface area contributed by atoms with Crippen LogP contribution < -0.4 is 4.72 Å². The summed E-state index contributed by atoms with van der Waals surface area (Å²) in [5.74, 6) is 0.564. The minimum Gasteiger partial charge on any atom is -0.379 e. The SMILES string of the molecule is C/C=S(\c1ccc(-c2cc(S(=O)(=O)NCCN3CCOCC3)c(C)n2CC2CCCCC2)cc1C(C)(C)C)N1CCOCC1(C)C. The van der Waals surface area contributed by atoms with Crippen LogP contribution in [0.4, 0.5) is 0 Å². The van der Waals surface area contributed by atoms with Gasteiger partial charge in [-0.25, -0.2) is 17.4 Å². The number of morpholine rings is 2. The van der Waals surface area contributed by atoms with Crippen molar-refractivity contribution < 1.29 is 17.9 Å². The van der Waals surface area contributed by atoms with Crippen molar-refractivity contribution in [3.05, 3.63) is 35.5 Å². The van der Waals surface area contributed by atoms with Crippen LogP contribution in [0.15, 0.2) is 34.1 Å². The highest BCUT2D eigenvalue weighted by molar-refractivity contribution is 8.13. The number of nitrogens with one attached hydrogen (secondary N) is 1. The van der Waals surface area contributed by atoms with Crippen LogP contribution in [0.3, 0.4) is 0 Å². The lowest BCUT2D eigenvalue weighted by atomic mass is 9.85. The minimum atomic E-state index is -3.68. The fraction of sp³-hybridized carbons (Fsp3) is 0.694. The first kappa shape index (κ1) is 35.8. The summed E-state index contributed by atoms with van der Waals surface area (Å²) in [6, 6.07) is 8.83. The summed E-state index contributed by atoms with van der Waals surface area (Å²) < 4.78 is 46.9. The minimum absolute atomic E-state index is 0.0639. The van der Waals surface area contributed by atoms with E-state index in [1.807, 2.05) is 13.0 Å². The molecule has 8 nitrogen and oxygen atoms in total. The van der Waals surface area contributed by atoms with E-state index in [2.05, 4.69) is 83.6 Å². The molecule has 2 saturated heterocycles. The fourth-order valence-electron chi connectivity index (χ4n) is 7.27. The second kappa shape index (κ2) is 14.9. The maximum Gasteiger partial charge on any atom is 0.242 e. The maximum absolute atomic E-state index is 13.8. The molecule has 1 aromatic carbocycles. The Balaban J connectivity index is 1.53. The van der Waals surface area contributed by atoms with Crippen molar-refractivity contribution in [2.24, 2.45) is 5.92 Å². The van der Waals surface area contributed by atoms with Gasteiger partial charge in [0, 0.05) is 61.1 Å². The summed E-state index contributed by atoms with van der Waals surface area (Å²) >= 11 is 0. The van der Waals surface area contributed by atoms with E-state index in [1.165, 1.54) is 42.6 Å². The first-order valence-corrected chi connectivity index (χ1v) is 20.1. The zero-order valence-electron chi connectivity index (χ0n) is 29.4. The van der Waals surface area contributed by atoms with E-state index in [-0.39, 0.29) is 21.6 Å². The molecule has 1 atom stereocenters. The molecule has 1 aliphatic carbocycles. The molecule has 0 amide bonds. The van der Waals surface area contributed by atoms with E-state index in [0.29, 0.717) is 37.1 Å². The van der Waals surface area contributed by atoms with Gasteiger partial charge in [-0.15, -0.1) is 0 Å². The number of rotatable bonds is 10. The molecular formula is C36H58N4O4S2. The van der Waals surface area contributed by atoms with Gasteiger partial charge in [0.05, 0.1) is 26.4 Å². The van der Waals surface area contributed by atoms with Gasteiger partial charge in [-0.1, -0.05) is 56.8 Å². The standard InChI is InChI=1S/C36H58N4O4S2/c1-8-45(40-20-23-44-27-36(40,6)7)33-15-14-30(24-31(33)35(3,4)5)32-25-34(28(2)39(32)26-29-12-10-9-11-13-29)46(41,42)37-16-17-38-18-21-43-22-19-38/h8,14-15,24-25,29,37H,9-13,16-23,26-27H2,1-7H3. The van der Waals surface area contributed by atoms with E-state index < -0.39 is 10.0 Å². The van der Waals surface area contributed by atoms with E-state index in [0.717, 1.165) is 56.3 Å². The van der Waals surface area contributed by atoms with Gasteiger partial charge in [-0.05, 0) is 86.6 Å². The summed E-state index contributed by atoms with van der Waals surface area (Å²) in [4.78, 5) is 4.00. The number of hydrogen-bond acceptors (Lipinski definition) is 6. The fourth-order valence-corrected chi connectivity index (χ4v) is 11.0. The lowest BCUT2D eigenvalue weighted by Crippen LogP contribution is -2.50. The molecular weight excluding hydrogens is 617 g/mol. The number of hydrogen-bond donors (Lipinski definition) is 1. The monoisotopic (exact) mass is 674 g/mol. The Morgan fingerprint density at radius 2 is 1.72 bits per heavy atom. The van der Waals surface area contributed by atoms with E-state index in [4.69, 9.17) is 9.47 Å². The Hall–Kier alpha value is -1.53. The molecule has 2 aromatic rings. The normalized spacial score (nSPS) is 21.5. The van der Waals surface area contributed by atoms with Gasteiger partial charge in [0.15, 0.2) is 0 Å². The number of sulfonamides is 1. The molecule has 2 aliphatic heterocycles. The smallest absolute Gasteiger partial charge is 0.242 e. The molecule has 5 rings (SSSR count). The topological polar surface area (TPSA) is 76.0 Å². The lowest BCUT2D eigenvalue weighted by Gasteiger charge is -2.44. The number of ether oxygens (including phenoxy) is 2. The average Bonchev–Trinajstić information content (AvgIpc) is 3.35. The average molecular weight is 675 g/mol. The van der Waals surface area contributed by atoms with Crippen LogP contribution in [0, 0.1) is 12.8 Å². The van der Waals surface area contributed by atoms with Crippen molar-refractivity contribution in [2.45, 2.75) is 108 Å². The quantitative estimate of drug-likeness (QED) is 0.293. The van der Waals surface area contributed by atoms with Crippen molar-refractivity contribution in [1.29, 1.82) is 0 Å². The summed E-state index contributed by atoms with van der Waals surface area (Å²) in [6.07, 6.45) is 6.21. The Morgan fingerprint density at radius 3 is 2.37 bits per heavy atom. The van der Waals surface area contributed by atoms with Crippen molar-refractivity contribution >= 4 is 26.1 Å². The van der Waals surface area contributed by atoms with Gasteiger partial charge in [0.25, 0.3) is 0 Å². The summed E-state index contributed by atoms with van der Waals surface area (Å²) in [7, 11) is -3.88. The third-order valence-corrected chi connectivity index (χ3v) is 13.9. The second-order valence-electron chi connectivity index (χ2n) is 14.9. The van der Waals surface area contributed by atoms with Crippen molar-refractivity contribution in [2.75, 3.05) is 59.2 Å². The van der Waals surface area contributed by atoms with Gasteiger partial charge in [-0.2, -0.15) is 0 Å². The molecule has 1 saturated carbocycles. The molecule has 258 valence electrons. The second-order valence-corrected chi connectivity index (χ2v) is 18.6. The number of benzene rings is 1. The first-order valence-electron chi connectivity index (χ1n) is 17.3. The molecule has 0 spiro atoms. The largest absolute Gasteiger partial charge is 0.379 e. The molecule has 0 bridgehead atoms. The van der Waals surface area contributed by atoms with E-state index in [9.17, 15) is 8.42 Å². The Morgan fingerprint density at radius 1 is 1.02 bits per heavy atom. The van der Waals surface area contributed by atoms with Gasteiger partial charge in [0.1, 0.15) is 4.90 Å².